The highest BCUT2D eigenvalue weighted by atomic mass is 32.1. The molecule has 3 aromatic heterocycles. The molecule has 11 heteroatoms. The number of nitrogens with zero attached hydrogens (tertiary/aromatic N) is 4. The lowest BCUT2D eigenvalue weighted by atomic mass is 9.94. The Morgan fingerprint density at radius 2 is 2.00 bits per heavy atom. The predicted molar refractivity (Wildman–Crippen MR) is 137 cm³/mol. The van der Waals surface area contributed by atoms with Crippen molar-refractivity contribution in [2.75, 3.05) is 13.7 Å². The number of ether oxygens (including phenoxy) is 1. The number of rotatable bonds is 7. The maximum Gasteiger partial charge on any atom is 0.433 e. The van der Waals surface area contributed by atoms with Crippen LogP contribution < -0.4 is 10.1 Å². The van der Waals surface area contributed by atoms with Crippen LogP contribution in [0.3, 0.4) is 0 Å². The molecule has 4 aromatic rings. The second-order valence-corrected chi connectivity index (χ2v) is 10.0. The molecule has 38 heavy (non-hydrogen) atoms. The van der Waals surface area contributed by atoms with Crippen LogP contribution in [0.5, 0.6) is 5.75 Å². The van der Waals surface area contributed by atoms with E-state index in [2.05, 4.69) is 15.2 Å². The molecule has 0 spiro atoms. The van der Waals surface area contributed by atoms with Crippen LogP contribution in [0.15, 0.2) is 72.2 Å². The number of carbonyl (C=O) groups excluding carboxylic acids is 1. The summed E-state index contributed by atoms with van der Waals surface area (Å²) in [6, 6.07) is 16.6. The molecule has 1 aliphatic rings. The summed E-state index contributed by atoms with van der Waals surface area (Å²) in [5, 5.41) is 9.77. The molecule has 1 fully saturated rings. The van der Waals surface area contributed by atoms with Gasteiger partial charge < -0.3 is 10.1 Å². The summed E-state index contributed by atoms with van der Waals surface area (Å²) >= 11 is 1.38. The van der Waals surface area contributed by atoms with E-state index in [1.807, 2.05) is 48.0 Å². The summed E-state index contributed by atoms with van der Waals surface area (Å²) in [7, 11) is 1.60. The Bertz CT molecular complexity index is 1390. The van der Waals surface area contributed by atoms with Gasteiger partial charge in [0.05, 0.1) is 35.1 Å². The van der Waals surface area contributed by atoms with Gasteiger partial charge in [0.2, 0.25) is 0 Å². The lowest BCUT2D eigenvalue weighted by molar-refractivity contribution is -0.141. The maximum atomic E-state index is 13.3. The predicted octanol–water partition coefficient (Wildman–Crippen LogP) is 5.49. The van der Waals surface area contributed by atoms with E-state index in [1.54, 1.807) is 23.9 Å². The normalized spacial score (nSPS) is 18.3. The van der Waals surface area contributed by atoms with E-state index >= 15 is 0 Å². The van der Waals surface area contributed by atoms with Crippen LogP contribution in [0.2, 0.25) is 0 Å². The van der Waals surface area contributed by atoms with Gasteiger partial charge in [-0.1, -0.05) is 18.2 Å². The number of hydrogen-bond acceptors (Lipinski definition) is 6. The monoisotopic (exact) mass is 541 g/mol. The van der Waals surface area contributed by atoms with Gasteiger partial charge in [0.1, 0.15) is 11.4 Å². The van der Waals surface area contributed by atoms with Gasteiger partial charge in [0.15, 0.2) is 0 Å². The van der Waals surface area contributed by atoms with Crippen LogP contribution in [0.25, 0.3) is 5.69 Å². The third-order valence-electron chi connectivity index (χ3n) is 6.52. The summed E-state index contributed by atoms with van der Waals surface area (Å²) in [5.41, 5.74) is 1.000. The van der Waals surface area contributed by atoms with Crippen LogP contribution >= 0.6 is 11.3 Å². The molecule has 198 valence electrons. The number of nitrogens with one attached hydrogen (secondary N) is 1. The number of aromatic nitrogens is 3. The molecule has 2 atom stereocenters. The molecule has 4 heterocycles. The van der Waals surface area contributed by atoms with Crippen molar-refractivity contribution in [3.63, 3.8) is 0 Å². The molecule has 0 radical (unpaired) electrons. The largest absolute Gasteiger partial charge is 0.497 e. The van der Waals surface area contributed by atoms with E-state index in [9.17, 15) is 18.0 Å². The summed E-state index contributed by atoms with van der Waals surface area (Å²) in [5.74, 6) is 0.574. The highest BCUT2D eigenvalue weighted by Gasteiger charge is 2.35. The number of hydrogen-bond donors (Lipinski definition) is 1. The topological polar surface area (TPSA) is 72.3 Å². The lowest BCUT2D eigenvalue weighted by Crippen LogP contribution is -2.46. The third-order valence-corrected chi connectivity index (χ3v) is 7.39. The number of piperidine rings is 1. The van der Waals surface area contributed by atoms with Gasteiger partial charge in [0.25, 0.3) is 5.91 Å². The van der Waals surface area contributed by atoms with Gasteiger partial charge in [-0.15, -0.1) is 11.3 Å². The van der Waals surface area contributed by atoms with Crippen LogP contribution in [0.4, 0.5) is 13.2 Å². The van der Waals surface area contributed by atoms with Gasteiger partial charge in [-0.2, -0.15) is 18.3 Å². The van der Waals surface area contributed by atoms with E-state index in [0.29, 0.717) is 35.7 Å². The van der Waals surface area contributed by atoms with E-state index in [4.69, 9.17) is 9.84 Å². The van der Waals surface area contributed by atoms with E-state index in [1.165, 1.54) is 17.4 Å². The van der Waals surface area contributed by atoms with Crippen molar-refractivity contribution in [1.29, 1.82) is 0 Å². The van der Waals surface area contributed by atoms with Gasteiger partial charge in [-0.05, 0) is 54.6 Å². The van der Waals surface area contributed by atoms with Crippen LogP contribution in [0, 0.1) is 0 Å². The number of benzene rings is 1. The third kappa shape index (κ3) is 5.89. The fraction of sp³-hybridized carbons (Fsp3) is 0.296. The smallest absolute Gasteiger partial charge is 0.433 e. The highest BCUT2D eigenvalue weighted by Crippen LogP contribution is 2.33. The fourth-order valence-electron chi connectivity index (χ4n) is 4.65. The van der Waals surface area contributed by atoms with Gasteiger partial charge >= 0.3 is 6.18 Å². The number of carbonyl (C=O) groups is 1. The second-order valence-electron chi connectivity index (χ2n) is 9.06. The number of likely N-dealkylation sites (tertiary alicyclic amines) is 1. The zero-order chi connectivity index (χ0) is 26.7. The quantitative estimate of drug-likeness (QED) is 0.335. The Labute approximate surface area is 221 Å². The Hall–Kier alpha value is -3.70. The van der Waals surface area contributed by atoms with E-state index in [0.717, 1.165) is 17.4 Å². The van der Waals surface area contributed by atoms with Crippen molar-refractivity contribution in [2.45, 2.75) is 37.6 Å². The second kappa shape index (κ2) is 11.0. The first-order valence-corrected chi connectivity index (χ1v) is 13.0. The first kappa shape index (κ1) is 25.9. The Morgan fingerprint density at radius 1 is 1.16 bits per heavy atom. The SMILES string of the molecule is COc1cccc(-n2ccc(C3CC(NC(=O)c4cccs4)CCN3Cc3cccc(C(F)(F)F)n3)n2)c1. The molecule has 1 N–H and O–H groups in total. The van der Waals surface area contributed by atoms with E-state index in [-0.39, 0.29) is 24.5 Å². The van der Waals surface area contributed by atoms with Gasteiger partial charge in [-0.3, -0.25) is 9.69 Å². The summed E-state index contributed by atoms with van der Waals surface area (Å²) in [6.45, 7) is 0.788. The highest BCUT2D eigenvalue weighted by molar-refractivity contribution is 7.12. The molecule has 0 saturated carbocycles. The molecular formula is C27H26F3N5O2S. The number of methoxy groups -OCH3 is 1. The molecule has 0 bridgehead atoms. The average molecular weight is 542 g/mol. The number of halogens is 3. The van der Waals surface area contributed by atoms with Crippen molar-refractivity contribution in [2.24, 2.45) is 0 Å². The molecule has 7 nitrogen and oxygen atoms in total. The molecule has 1 amide bonds. The fourth-order valence-corrected chi connectivity index (χ4v) is 5.28. The molecule has 1 aliphatic heterocycles. The molecule has 1 aromatic carbocycles. The zero-order valence-electron chi connectivity index (χ0n) is 20.6. The first-order chi connectivity index (χ1) is 18.3. The van der Waals surface area contributed by atoms with Crippen LogP contribution in [0.1, 0.15) is 45.6 Å². The van der Waals surface area contributed by atoms with Crippen molar-refractivity contribution >= 4 is 17.2 Å². The maximum absolute atomic E-state index is 13.3. The van der Waals surface area contributed by atoms with Crippen molar-refractivity contribution in [1.82, 2.24) is 25.0 Å². The summed E-state index contributed by atoms with van der Waals surface area (Å²) in [6.07, 6.45) is -1.45. The van der Waals surface area contributed by atoms with Crippen molar-refractivity contribution < 1.29 is 22.7 Å². The minimum Gasteiger partial charge on any atom is -0.497 e. The summed E-state index contributed by atoms with van der Waals surface area (Å²) < 4.78 is 46.8. The molecule has 2 unspecified atom stereocenters. The van der Waals surface area contributed by atoms with Crippen molar-refractivity contribution in [3.8, 4) is 11.4 Å². The summed E-state index contributed by atoms with van der Waals surface area (Å²) in [4.78, 5) is 19.3. The minimum atomic E-state index is -4.51. The van der Waals surface area contributed by atoms with Crippen molar-refractivity contribution in [3.05, 3.63) is 94.2 Å². The lowest BCUT2D eigenvalue weighted by Gasteiger charge is -2.38. The number of pyridine rings is 1. The van der Waals surface area contributed by atoms with E-state index < -0.39 is 11.9 Å². The molecule has 5 rings (SSSR count). The Kier molecular flexibility index (Phi) is 7.48. The Morgan fingerprint density at radius 3 is 2.76 bits per heavy atom. The number of amides is 1. The molecule has 1 saturated heterocycles. The number of alkyl halides is 3. The Balaban J connectivity index is 1.40. The molecular weight excluding hydrogens is 515 g/mol. The molecule has 0 aliphatic carbocycles. The van der Waals surface area contributed by atoms with Crippen LogP contribution in [-0.4, -0.2) is 45.3 Å². The van der Waals surface area contributed by atoms with Gasteiger partial charge in [0, 0.05) is 31.4 Å². The van der Waals surface area contributed by atoms with Crippen LogP contribution in [-0.2, 0) is 12.7 Å². The number of thiophene rings is 1. The zero-order valence-corrected chi connectivity index (χ0v) is 21.4. The minimum absolute atomic E-state index is 0.109. The first-order valence-electron chi connectivity index (χ1n) is 12.1. The average Bonchev–Trinajstić information content (AvgIpc) is 3.62. The standard InChI is InChI=1S/C27H26F3N5O2S/c1-37-21-7-3-6-20(16-21)35-13-11-22(33-35)23-15-18(32-26(36)24-8-4-14-38-24)10-12-34(23)17-19-5-2-9-25(31-19)27(28,29)30/h2-9,11,13-14,16,18,23H,10,12,15,17H2,1H3,(H,32,36). The van der Waals surface area contributed by atoms with Gasteiger partial charge in [-0.25, -0.2) is 9.67 Å².